The molecule has 0 aliphatic heterocycles. The van der Waals surface area contributed by atoms with Gasteiger partial charge in [0.1, 0.15) is 12.4 Å². The van der Waals surface area contributed by atoms with Gasteiger partial charge in [0.05, 0.1) is 6.04 Å². The van der Waals surface area contributed by atoms with Gasteiger partial charge in [0.2, 0.25) is 0 Å². The van der Waals surface area contributed by atoms with Crippen molar-refractivity contribution in [2.75, 3.05) is 0 Å². The summed E-state index contributed by atoms with van der Waals surface area (Å²) in [7, 11) is 0. The van der Waals surface area contributed by atoms with Crippen molar-refractivity contribution >= 4 is 6.09 Å². The minimum absolute atomic E-state index is 0. The monoisotopic (exact) mass is 234 g/mol. The SMILES string of the molecule is CC(C)[n+]1ccn(C(=O)O)c1.[Br-]. The second kappa shape index (κ2) is 4.25. The number of hydrogen-bond acceptors (Lipinski definition) is 1. The molecule has 0 bridgehead atoms. The zero-order chi connectivity index (χ0) is 8.43. The predicted octanol–water partition coefficient (Wildman–Crippen LogP) is -2.11. The molecule has 0 aliphatic rings. The van der Waals surface area contributed by atoms with Crippen LogP contribution in [0.5, 0.6) is 0 Å². The van der Waals surface area contributed by atoms with Crippen LogP contribution in [0.25, 0.3) is 0 Å². The first-order valence-corrected chi connectivity index (χ1v) is 3.43. The lowest BCUT2D eigenvalue weighted by Gasteiger charge is -1.95. The number of carbonyl (C=O) groups is 1. The fourth-order valence-electron chi connectivity index (χ4n) is 0.788. The van der Waals surface area contributed by atoms with E-state index in [0.717, 1.165) is 4.57 Å². The molecular weight excluding hydrogens is 224 g/mol. The van der Waals surface area contributed by atoms with Crippen LogP contribution >= 0.6 is 0 Å². The lowest BCUT2D eigenvalue weighted by atomic mass is 10.4. The van der Waals surface area contributed by atoms with Crippen LogP contribution in [-0.4, -0.2) is 15.8 Å². The summed E-state index contributed by atoms with van der Waals surface area (Å²) in [5, 5.41) is 8.53. The van der Waals surface area contributed by atoms with Crippen molar-refractivity contribution < 1.29 is 31.4 Å². The Morgan fingerprint density at radius 2 is 2.17 bits per heavy atom. The molecule has 1 rings (SSSR count). The average molecular weight is 235 g/mol. The van der Waals surface area contributed by atoms with E-state index in [4.69, 9.17) is 5.11 Å². The van der Waals surface area contributed by atoms with E-state index in [0.29, 0.717) is 6.04 Å². The predicted molar refractivity (Wildman–Crippen MR) is 38.4 cm³/mol. The molecule has 1 heterocycles. The van der Waals surface area contributed by atoms with E-state index in [1.54, 1.807) is 12.5 Å². The van der Waals surface area contributed by atoms with Gasteiger partial charge < -0.3 is 22.1 Å². The van der Waals surface area contributed by atoms with E-state index in [1.165, 1.54) is 6.20 Å². The standard InChI is InChI=1S/C7H10N2O2.BrH/c1-6(2)8-3-4-9(5-8)7(10)11;/h3-6H,1-2H3;1H. The molecule has 68 valence electrons. The van der Waals surface area contributed by atoms with Crippen molar-refractivity contribution in [2.45, 2.75) is 19.9 Å². The molecule has 0 saturated carbocycles. The summed E-state index contributed by atoms with van der Waals surface area (Å²) in [6, 6.07) is 0.301. The van der Waals surface area contributed by atoms with Gasteiger partial charge >= 0.3 is 6.09 Å². The van der Waals surface area contributed by atoms with Crippen molar-refractivity contribution in [3.63, 3.8) is 0 Å². The second-order valence-corrected chi connectivity index (χ2v) is 2.64. The molecule has 0 spiro atoms. The van der Waals surface area contributed by atoms with Gasteiger partial charge in [-0.2, -0.15) is 4.79 Å². The second-order valence-electron chi connectivity index (χ2n) is 2.64. The van der Waals surface area contributed by atoms with Gasteiger partial charge in [0.25, 0.3) is 6.33 Å². The number of aromatic nitrogens is 2. The number of hydrogen-bond donors (Lipinski definition) is 1. The maximum atomic E-state index is 10.4. The van der Waals surface area contributed by atoms with E-state index in [9.17, 15) is 4.79 Å². The van der Waals surface area contributed by atoms with Crippen molar-refractivity contribution in [1.29, 1.82) is 0 Å². The van der Waals surface area contributed by atoms with Gasteiger partial charge in [-0.05, 0) is 13.8 Å². The highest BCUT2D eigenvalue weighted by Gasteiger charge is 2.11. The number of rotatable bonds is 1. The Kier molecular flexibility index (Phi) is 3.95. The van der Waals surface area contributed by atoms with Crippen molar-refractivity contribution in [3.8, 4) is 0 Å². The van der Waals surface area contributed by atoms with E-state index in [2.05, 4.69) is 0 Å². The molecule has 0 amide bonds. The fraction of sp³-hybridized carbons (Fsp3) is 0.429. The molecule has 5 heteroatoms. The molecular formula is C7H11BrN2O2. The molecule has 1 aromatic rings. The quantitative estimate of drug-likeness (QED) is 0.566. The van der Waals surface area contributed by atoms with Crippen molar-refractivity contribution in [1.82, 2.24) is 4.57 Å². The van der Waals surface area contributed by atoms with Crippen molar-refractivity contribution in [3.05, 3.63) is 18.7 Å². The van der Waals surface area contributed by atoms with Gasteiger partial charge in [0.15, 0.2) is 0 Å². The largest absolute Gasteiger partial charge is 1.00 e. The number of imidazole rings is 1. The van der Waals surface area contributed by atoms with Gasteiger partial charge in [0, 0.05) is 0 Å². The summed E-state index contributed by atoms with van der Waals surface area (Å²) in [5.74, 6) is 0. The third-order valence-corrected chi connectivity index (χ3v) is 1.47. The van der Waals surface area contributed by atoms with Crippen molar-refractivity contribution in [2.24, 2.45) is 0 Å². The third-order valence-electron chi connectivity index (χ3n) is 1.47. The third kappa shape index (κ3) is 2.34. The molecule has 0 aromatic carbocycles. The first-order chi connectivity index (χ1) is 5.11. The molecule has 0 radical (unpaired) electrons. The minimum Gasteiger partial charge on any atom is -1.00 e. The lowest BCUT2D eigenvalue weighted by Crippen LogP contribution is -3.00. The summed E-state index contributed by atoms with van der Waals surface area (Å²) in [5.41, 5.74) is 0. The minimum atomic E-state index is -0.954. The first-order valence-electron chi connectivity index (χ1n) is 3.43. The molecule has 0 fully saturated rings. The maximum Gasteiger partial charge on any atom is 0.509 e. The van der Waals surface area contributed by atoms with Gasteiger partial charge in [-0.3, -0.25) is 0 Å². The molecule has 0 saturated heterocycles. The molecule has 1 aromatic heterocycles. The lowest BCUT2D eigenvalue weighted by molar-refractivity contribution is -0.715. The highest BCUT2D eigenvalue weighted by Crippen LogP contribution is 1.91. The summed E-state index contributed by atoms with van der Waals surface area (Å²) >= 11 is 0. The van der Waals surface area contributed by atoms with E-state index < -0.39 is 6.09 Å². The zero-order valence-corrected chi connectivity index (χ0v) is 8.52. The van der Waals surface area contributed by atoms with Crippen LogP contribution in [0.2, 0.25) is 0 Å². The Labute approximate surface area is 81.2 Å². The van der Waals surface area contributed by atoms with Crippen LogP contribution in [0.1, 0.15) is 19.9 Å². The van der Waals surface area contributed by atoms with Gasteiger partial charge in [-0.1, -0.05) is 0 Å². The van der Waals surface area contributed by atoms with Gasteiger partial charge in [-0.15, -0.1) is 4.57 Å². The first kappa shape index (κ1) is 11.2. The summed E-state index contributed by atoms with van der Waals surface area (Å²) in [4.78, 5) is 10.4. The zero-order valence-electron chi connectivity index (χ0n) is 6.94. The Bertz CT molecular complexity index is 270. The van der Waals surface area contributed by atoms with Crippen LogP contribution in [-0.2, 0) is 0 Å². The van der Waals surface area contributed by atoms with Crippen LogP contribution in [0, 0.1) is 0 Å². The Hall–Kier alpha value is -0.840. The Morgan fingerprint density at radius 1 is 1.58 bits per heavy atom. The topological polar surface area (TPSA) is 46.1 Å². The highest BCUT2D eigenvalue weighted by molar-refractivity contribution is 5.67. The number of carboxylic acid groups (broad SMARTS) is 1. The molecule has 0 atom stereocenters. The molecule has 0 aliphatic carbocycles. The van der Waals surface area contributed by atoms with Crippen LogP contribution < -0.4 is 21.5 Å². The van der Waals surface area contributed by atoms with E-state index in [-0.39, 0.29) is 17.0 Å². The Morgan fingerprint density at radius 3 is 2.42 bits per heavy atom. The molecule has 0 unspecified atom stereocenters. The van der Waals surface area contributed by atoms with Crippen LogP contribution in [0.15, 0.2) is 18.7 Å². The smallest absolute Gasteiger partial charge is 0.509 e. The maximum absolute atomic E-state index is 10.4. The molecule has 4 nitrogen and oxygen atoms in total. The summed E-state index contributed by atoms with van der Waals surface area (Å²) < 4.78 is 2.95. The molecule has 1 N–H and O–H groups in total. The highest BCUT2D eigenvalue weighted by atomic mass is 79.9. The van der Waals surface area contributed by atoms with Gasteiger partial charge in [-0.25, -0.2) is 4.57 Å². The number of halogens is 1. The van der Waals surface area contributed by atoms with Crippen LogP contribution in [0.4, 0.5) is 4.79 Å². The normalized spacial score (nSPS) is 9.58. The van der Waals surface area contributed by atoms with E-state index in [1.807, 2.05) is 18.4 Å². The number of nitrogens with zero attached hydrogens (tertiary/aromatic N) is 2. The Balaban J connectivity index is 0.00000121. The average Bonchev–Trinajstić information content (AvgIpc) is 2.33. The molecule has 12 heavy (non-hydrogen) atoms. The van der Waals surface area contributed by atoms with E-state index >= 15 is 0 Å². The summed E-state index contributed by atoms with van der Waals surface area (Å²) in [6.45, 7) is 3.98. The van der Waals surface area contributed by atoms with Crippen LogP contribution in [0.3, 0.4) is 0 Å². The fourth-order valence-corrected chi connectivity index (χ4v) is 0.788. The summed E-state index contributed by atoms with van der Waals surface area (Å²) in [6.07, 6.45) is 3.85.